The molecule has 1 aromatic heterocycles. The number of imidazole rings is 1. The molecule has 0 bridgehead atoms. The van der Waals surface area contributed by atoms with Gasteiger partial charge >= 0.3 is 12.6 Å². The molecule has 1 aliphatic heterocycles. The maximum absolute atomic E-state index is 13.8. The monoisotopic (exact) mass is 408 g/mol. The Labute approximate surface area is 170 Å². The number of carbonyl (C=O) groups is 1. The summed E-state index contributed by atoms with van der Waals surface area (Å²) in [6.07, 6.45) is 1.49. The van der Waals surface area contributed by atoms with Gasteiger partial charge in [0.1, 0.15) is 11.4 Å². The smallest absolute Gasteiger partial charge is 0.407 e. The van der Waals surface area contributed by atoms with Crippen molar-refractivity contribution in [3.05, 3.63) is 30.1 Å². The summed E-state index contributed by atoms with van der Waals surface area (Å²) >= 11 is 0. The van der Waals surface area contributed by atoms with Crippen molar-refractivity contribution in [2.45, 2.75) is 58.7 Å². The summed E-state index contributed by atoms with van der Waals surface area (Å²) in [4.78, 5) is 18.6. The predicted molar refractivity (Wildman–Crippen MR) is 108 cm³/mol. The molecule has 29 heavy (non-hydrogen) atoms. The minimum absolute atomic E-state index is 0.239. The average Bonchev–Trinajstić information content (AvgIpc) is 3.04. The van der Waals surface area contributed by atoms with Crippen LogP contribution in [0, 0.1) is 5.92 Å². The Morgan fingerprint density at radius 1 is 1.34 bits per heavy atom. The van der Waals surface area contributed by atoms with Crippen LogP contribution in [0.15, 0.2) is 24.3 Å². The van der Waals surface area contributed by atoms with Crippen LogP contribution in [0.3, 0.4) is 0 Å². The van der Waals surface area contributed by atoms with Gasteiger partial charge < -0.3 is 10.1 Å². The predicted octanol–water partition coefficient (Wildman–Crippen LogP) is 4.73. The first-order valence-electron chi connectivity index (χ1n) is 10.1. The first-order valence-corrected chi connectivity index (χ1v) is 10.1. The first kappa shape index (κ1) is 21.5. The third-order valence-corrected chi connectivity index (χ3v) is 5.22. The zero-order valence-corrected chi connectivity index (χ0v) is 17.5. The molecule has 160 valence electrons. The van der Waals surface area contributed by atoms with E-state index in [9.17, 15) is 13.6 Å². The van der Waals surface area contributed by atoms with Crippen LogP contribution in [-0.2, 0) is 4.74 Å². The van der Waals surface area contributed by atoms with E-state index in [0.29, 0.717) is 29.9 Å². The maximum atomic E-state index is 13.8. The van der Waals surface area contributed by atoms with Crippen molar-refractivity contribution in [1.82, 2.24) is 19.8 Å². The summed E-state index contributed by atoms with van der Waals surface area (Å²) in [5.41, 5.74) is 0.491. The molecular formula is C21H30F2N4O2. The van der Waals surface area contributed by atoms with E-state index in [1.54, 1.807) is 24.3 Å². The Morgan fingerprint density at radius 3 is 2.76 bits per heavy atom. The molecule has 3 rings (SSSR count). The lowest BCUT2D eigenvalue weighted by Crippen LogP contribution is -2.43. The number of fused-ring (bicyclic) bond motifs is 1. The van der Waals surface area contributed by atoms with E-state index in [1.807, 2.05) is 27.7 Å². The summed E-state index contributed by atoms with van der Waals surface area (Å²) < 4.78 is 33.9. The molecule has 0 radical (unpaired) electrons. The molecule has 2 unspecified atom stereocenters. The third-order valence-electron chi connectivity index (χ3n) is 5.22. The van der Waals surface area contributed by atoms with Gasteiger partial charge in [-0.2, -0.15) is 8.78 Å². The van der Waals surface area contributed by atoms with Gasteiger partial charge in [0.15, 0.2) is 0 Å². The van der Waals surface area contributed by atoms with E-state index >= 15 is 0 Å². The fourth-order valence-electron chi connectivity index (χ4n) is 3.88. The molecule has 2 atom stereocenters. The fraction of sp³-hybridized carbons (Fsp3) is 0.619. The van der Waals surface area contributed by atoms with Crippen LogP contribution in [0.5, 0.6) is 0 Å². The topological polar surface area (TPSA) is 59.4 Å². The molecule has 1 saturated heterocycles. The Kier molecular flexibility index (Phi) is 6.41. The van der Waals surface area contributed by atoms with Crippen LogP contribution >= 0.6 is 0 Å². The summed E-state index contributed by atoms with van der Waals surface area (Å²) in [6, 6.07) is 6.73. The number of alkyl carbamates (subject to hydrolysis) is 1. The van der Waals surface area contributed by atoms with Crippen LogP contribution in [0.1, 0.15) is 59.0 Å². The summed E-state index contributed by atoms with van der Waals surface area (Å²) in [7, 11) is 0. The standard InChI is InChI=1S/C21H30F2N4O2/c1-14(18-25-16-9-5-6-10-17(16)27(18)19(22)23)26-11-7-8-15(13-26)12-24-20(28)29-21(2,3)4/h5-6,9-10,14-15,19H,7-8,11-13H2,1-4H3,(H,24,28). The Bertz CT molecular complexity index is 847. The number of nitrogens with one attached hydrogen (secondary N) is 1. The molecule has 1 amide bonds. The van der Waals surface area contributed by atoms with Crippen molar-refractivity contribution in [3.8, 4) is 0 Å². The van der Waals surface area contributed by atoms with Crippen molar-refractivity contribution < 1.29 is 18.3 Å². The molecular weight excluding hydrogens is 378 g/mol. The highest BCUT2D eigenvalue weighted by atomic mass is 19.3. The van der Waals surface area contributed by atoms with E-state index in [2.05, 4.69) is 15.2 Å². The van der Waals surface area contributed by atoms with Crippen LogP contribution in [-0.4, -0.2) is 45.8 Å². The highest BCUT2D eigenvalue weighted by Crippen LogP contribution is 2.31. The van der Waals surface area contributed by atoms with Crippen LogP contribution in [0.25, 0.3) is 11.0 Å². The number of rotatable bonds is 5. The maximum Gasteiger partial charge on any atom is 0.407 e. The van der Waals surface area contributed by atoms with Crippen molar-refractivity contribution >= 4 is 17.1 Å². The molecule has 8 heteroatoms. The first-order chi connectivity index (χ1) is 13.7. The zero-order valence-electron chi connectivity index (χ0n) is 17.5. The Balaban J connectivity index is 1.69. The van der Waals surface area contributed by atoms with Crippen molar-refractivity contribution in [2.24, 2.45) is 5.92 Å². The Hall–Kier alpha value is -2.22. The van der Waals surface area contributed by atoms with E-state index in [1.165, 1.54) is 0 Å². The lowest BCUT2D eigenvalue weighted by atomic mass is 9.96. The molecule has 1 aliphatic rings. The largest absolute Gasteiger partial charge is 0.444 e. The Morgan fingerprint density at radius 2 is 2.07 bits per heavy atom. The number of halogens is 2. The average molecular weight is 408 g/mol. The molecule has 0 aliphatic carbocycles. The number of likely N-dealkylation sites (tertiary alicyclic amines) is 1. The fourth-order valence-corrected chi connectivity index (χ4v) is 3.88. The summed E-state index contributed by atoms with van der Waals surface area (Å²) in [5, 5.41) is 2.83. The highest BCUT2D eigenvalue weighted by molar-refractivity contribution is 5.76. The van der Waals surface area contributed by atoms with Crippen LogP contribution < -0.4 is 5.32 Å². The molecule has 2 aromatic rings. The zero-order chi connectivity index (χ0) is 21.2. The lowest BCUT2D eigenvalue weighted by Gasteiger charge is -2.36. The van der Waals surface area contributed by atoms with Crippen molar-refractivity contribution in [1.29, 1.82) is 0 Å². The molecule has 2 heterocycles. The summed E-state index contributed by atoms with van der Waals surface area (Å²) in [6.45, 7) is 6.78. The van der Waals surface area contributed by atoms with Gasteiger partial charge in [-0.3, -0.25) is 9.47 Å². The lowest BCUT2D eigenvalue weighted by molar-refractivity contribution is 0.0481. The molecule has 0 saturated carbocycles. The van der Waals surface area contributed by atoms with Crippen molar-refractivity contribution in [3.63, 3.8) is 0 Å². The number of alkyl halides is 2. The number of ether oxygens (including phenoxy) is 1. The SMILES string of the molecule is CC(c1nc2ccccc2n1C(F)F)N1CCCC(CNC(=O)OC(C)(C)C)C1. The second-order valence-corrected chi connectivity index (χ2v) is 8.67. The van der Waals surface area contributed by atoms with Gasteiger partial charge in [0, 0.05) is 13.1 Å². The van der Waals surface area contributed by atoms with Crippen LogP contribution in [0.2, 0.25) is 0 Å². The highest BCUT2D eigenvalue weighted by Gasteiger charge is 2.30. The number of amides is 1. The molecule has 1 N–H and O–H groups in total. The molecule has 1 aromatic carbocycles. The van der Waals surface area contributed by atoms with Crippen molar-refractivity contribution in [2.75, 3.05) is 19.6 Å². The third kappa shape index (κ3) is 5.23. The van der Waals surface area contributed by atoms with E-state index in [4.69, 9.17) is 4.74 Å². The number of para-hydroxylation sites is 2. The number of nitrogens with zero attached hydrogens (tertiary/aromatic N) is 3. The normalized spacial score (nSPS) is 19.5. The number of hydrogen-bond donors (Lipinski definition) is 1. The number of carbonyl (C=O) groups excluding carboxylic acids is 1. The van der Waals surface area contributed by atoms with Gasteiger partial charge in [-0.25, -0.2) is 9.78 Å². The van der Waals surface area contributed by atoms with E-state index in [0.717, 1.165) is 24.0 Å². The van der Waals surface area contributed by atoms with E-state index in [-0.39, 0.29) is 12.0 Å². The number of benzene rings is 1. The minimum Gasteiger partial charge on any atom is -0.444 e. The molecule has 1 fully saturated rings. The van der Waals surface area contributed by atoms with Gasteiger partial charge in [-0.15, -0.1) is 0 Å². The minimum atomic E-state index is -2.64. The van der Waals surface area contributed by atoms with Gasteiger partial charge in [-0.1, -0.05) is 12.1 Å². The number of hydrogen-bond acceptors (Lipinski definition) is 4. The van der Waals surface area contributed by atoms with Crippen LogP contribution in [0.4, 0.5) is 13.6 Å². The number of aromatic nitrogens is 2. The second-order valence-electron chi connectivity index (χ2n) is 8.67. The van der Waals surface area contributed by atoms with Gasteiger partial charge in [0.25, 0.3) is 0 Å². The summed E-state index contributed by atoms with van der Waals surface area (Å²) in [5.74, 6) is 0.616. The molecule has 0 spiro atoms. The second kappa shape index (κ2) is 8.65. The molecule has 6 nitrogen and oxygen atoms in total. The van der Waals surface area contributed by atoms with Gasteiger partial charge in [0.05, 0.1) is 17.1 Å². The van der Waals surface area contributed by atoms with Gasteiger partial charge in [0.2, 0.25) is 0 Å². The van der Waals surface area contributed by atoms with Gasteiger partial charge in [-0.05, 0) is 65.1 Å². The number of piperidine rings is 1. The quantitative estimate of drug-likeness (QED) is 0.777. The van der Waals surface area contributed by atoms with E-state index < -0.39 is 18.2 Å².